The Morgan fingerprint density at radius 2 is 2.31 bits per heavy atom. The van der Waals surface area contributed by atoms with E-state index in [1.807, 2.05) is 26.2 Å². The predicted octanol–water partition coefficient (Wildman–Crippen LogP) is 2.52. The number of imidazole rings is 1. The van der Waals surface area contributed by atoms with Gasteiger partial charge in [-0.1, -0.05) is 13.3 Å². The van der Waals surface area contributed by atoms with Crippen LogP contribution in [0, 0.1) is 0 Å². The van der Waals surface area contributed by atoms with Crippen LogP contribution in [0.3, 0.4) is 0 Å². The molecule has 1 aromatic heterocycles. The topological polar surface area (TPSA) is 39.1 Å². The zero-order valence-corrected chi connectivity index (χ0v) is 10.6. The van der Waals surface area contributed by atoms with E-state index in [4.69, 9.17) is 4.74 Å². The maximum Gasteiger partial charge on any atom is 0.202 e. The number of hydrogen-bond donors (Lipinski definition) is 1. The second-order valence-corrected chi connectivity index (χ2v) is 4.14. The quantitative estimate of drug-likeness (QED) is 0.691. The Labute approximate surface area is 98.0 Å². The van der Waals surface area contributed by atoms with E-state index in [0.717, 1.165) is 25.6 Å². The van der Waals surface area contributed by atoms with Gasteiger partial charge < -0.3 is 14.6 Å². The first-order valence-electron chi connectivity index (χ1n) is 6.10. The third-order valence-electron chi connectivity index (χ3n) is 2.31. The SMILES string of the molecule is CCCCNc1nccn1CCOC(C)C. The number of aromatic nitrogens is 2. The Hall–Kier alpha value is -1.03. The van der Waals surface area contributed by atoms with E-state index in [0.29, 0.717) is 6.10 Å². The molecule has 0 amide bonds. The first-order valence-corrected chi connectivity index (χ1v) is 6.10. The van der Waals surface area contributed by atoms with E-state index < -0.39 is 0 Å². The average molecular weight is 225 g/mol. The minimum Gasteiger partial charge on any atom is -0.377 e. The summed E-state index contributed by atoms with van der Waals surface area (Å²) in [6, 6.07) is 0. The van der Waals surface area contributed by atoms with Crippen molar-refractivity contribution < 1.29 is 4.74 Å². The highest BCUT2D eigenvalue weighted by molar-refractivity contribution is 5.25. The third-order valence-corrected chi connectivity index (χ3v) is 2.31. The van der Waals surface area contributed by atoms with Crippen molar-refractivity contribution in [1.82, 2.24) is 9.55 Å². The number of anilines is 1. The minimum atomic E-state index is 0.292. The zero-order valence-electron chi connectivity index (χ0n) is 10.6. The molecule has 0 aliphatic heterocycles. The number of nitrogens with zero attached hydrogens (tertiary/aromatic N) is 2. The Balaban J connectivity index is 2.32. The van der Waals surface area contributed by atoms with Crippen LogP contribution in [-0.2, 0) is 11.3 Å². The minimum absolute atomic E-state index is 0.292. The lowest BCUT2D eigenvalue weighted by atomic mass is 10.3. The molecule has 16 heavy (non-hydrogen) atoms. The highest BCUT2D eigenvalue weighted by Crippen LogP contribution is 2.04. The van der Waals surface area contributed by atoms with Gasteiger partial charge in [-0.3, -0.25) is 0 Å². The van der Waals surface area contributed by atoms with E-state index >= 15 is 0 Å². The molecule has 1 rings (SSSR count). The van der Waals surface area contributed by atoms with Gasteiger partial charge >= 0.3 is 0 Å². The van der Waals surface area contributed by atoms with Crippen LogP contribution in [0.2, 0.25) is 0 Å². The summed E-state index contributed by atoms with van der Waals surface area (Å²) in [6.07, 6.45) is 6.47. The van der Waals surface area contributed by atoms with Gasteiger partial charge in [0.15, 0.2) is 0 Å². The van der Waals surface area contributed by atoms with Crippen molar-refractivity contribution in [2.24, 2.45) is 0 Å². The normalized spacial score (nSPS) is 11.0. The molecule has 1 aromatic rings. The number of hydrogen-bond acceptors (Lipinski definition) is 3. The Morgan fingerprint density at radius 1 is 1.50 bits per heavy atom. The highest BCUT2D eigenvalue weighted by Gasteiger charge is 2.01. The summed E-state index contributed by atoms with van der Waals surface area (Å²) in [6.45, 7) is 8.86. The van der Waals surface area contributed by atoms with Gasteiger partial charge in [-0.05, 0) is 20.3 Å². The lowest BCUT2D eigenvalue weighted by Gasteiger charge is -2.11. The fraction of sp³-hybridized carbons (Fsp3) is 0.750. The van der Waals surface area contributed by atoms with Crippen LogP contribution in [0.15, 0.2) is 12.4 Å². The highest BCUT2D eigenvalue weighted by atomic mass is 16.5. The van der Waals surface area contributed by atoms with Crippen LogP contribution in [0.25, 0.3) is 0 Å². The molecule has 0 saturated carbocycles. The van der Waals surface area contributed by atoms with Crippen molar-refractivity contribution in [3.8, 4) is 0 Å². The average Bonchev–Trinajstić information content (AvgIpc) is 2.66. The number of rotatable bonds is 8. The van der Waals surface area contributed by atoms with Gasteiger partial charge in [0.1, 0.15) is 0 Å². The molecule has 0 saturated heterocycles. The van der Waals surface area contributed by atoms with Crippen molar-refractivity contribution in [3.63, 3.8) is 0 Å². The number of unbranched alkanes of at least 4 members (excludes halogenated alkanes) is 1. The molecule has 0 bridgehead atoms. The summed E-state index contributed by atoms with van der Waals surface area (Å²) in [5.74, 6) is 0.945. The van der Waals surface area contributed by atoms with E-state index in [-0.39, 0.29) is 0 Å². The first-order chi connectivity index (χ1) is 7.74. The van der Waals surface area contributed by atoms with Crippen LogP contribution < -0.4 is 5.32 Å². The van der Waals surface area contributed by atoms with Gasteiger partial charge in [0, 0.05) is 25.5 Å². The van der Waals surface area contributed by atoms with Crippen LogP contribution in [0.5, 0.6) is 0 Å². The molecule has 92 valence electrons. The Bertz CT molecular complexity index is 284. The molecular weight excluding hydrogens is 202 g/mol. The van der Waals surface area contributed by atoms with E-state index in [1.165, 1.54) is 12.8 Å². The summed E-state index contributed by atoms with van der Waals surface area (Å²) < 4.78 is 7.61. The summed E-state index contributed by atoms with van der Waals surface area (Å²) in [7, 11) is 0. The zero-order chi connectivity index (χ0) is 11.8. The van der Waals surface area contributed by atoms with Gasteiger partial charge in [0.2, 0.25) is 5.95 Å². The van der Waals surface area contributed by atoms with Crippen molar-refractivity contribution in [1.29, 1.82) is 0 Å². The first kappa shape index (κ1) is 13.0. The summed E-state index contributed by atoms with van der Waals surface area (Å²) >= 11 is 0. The second kappa shape index (κ2) is 7.28. The molecule has 1 N–H and O–H groups in total. The van der Waals surface area contributed by atoms with Gasteiger partial charge in [0.05, 0.1) is 12.7 Å². The summed E-state index contributed by atoms with van der Waals surface area (Å²) in [4.78, 5) is 4.28. The Morgan fingerprint density at radius 3 is 3.00 bits per heavy atom. The Kier molecular flexibility index (Phi) is 5.93. The summed E-state index contributed by atoms with van der Waals surface area (Å²) in [5, 5.41) is 3.33. The molecule has 4 heteroatoms. The molecule has 0 unspecified atom stereocenters. The predicted molar refractivity (Wildman–Crippen MR) is 66.7 cm³/mol. The van der Waals surface area contributed by atoms with Crippen molar-refractivity contribution in [3.05, 3.63) is 12.4 Å². The van der Waals surface area contributed by atoms with Gasteiger partial charge in [-0.2, -0.15) is 0 Å². The standard InChI is InChI=1S/C12H23N3O/c1-4-5-6-13-12-14-7-8-15(12)9-10-16-11(2)3/h7-8,11H,4-6,9-10H2,1-3H3,(H,13,14). The fourth-order valence-electron chi connectivity index (χ4n) is 1.42. The van der Waals surface area contributed by atoms with Gasteiger partial charge in [-0.15, -0.1) is 0 Å². The van der Waals surface area contributed by atoms with Gasteiger partial charge in [-0.25, -0.2) is 4.98 Å². The molecule has 0 aromatic carbocycles. The lowest BCUT2D eigenvalue weighted by Crippen LogP contribution is -2.13. The molecule has 1 heterocycles. The van der Waals surface area contributed by atoms with Crippen molar-refractivity contribution in [2.45, 2.75) is 46.3 Å². The third kappa shape index (κ3) is 4.66. The molecule has 0 radical (unpaired) electrons. The van der Waals surface area contributed by atoms with E-state index in [2.05, 4.69) is 21.8 Å². The molecule has 0 spiro atoms. The molecule has 0 fully saturated rings. The molecular formula is C12H23N3O. The monoisotopic (exact) mass is 225 g/mol. The van der Waals surface area contributed by atoms with Crippen molar-refractivity contribution in [2.75, 3.05) is 18.5 Å². The van der Waals surface area contributed by atoms with Crippen LogP contribution >= 0.6 is 0 Å². The second-order valence-electron chi connectivity index (χ2n) is 4.14. The summed E-state index contributed by atoms with van der Waals surface area (Å²) in [5.41, 5.74) is 0. The van der Waals surface area contributed by atoms with Crippen LogP contribution in [-0.4, -0.2) is 28.8 Å². The van der Waals surface area contributed by atoms with E-state index in [9.17, 15) is 0 Å². The molecule has 0 atom stereocenters. The number of ether oxygens (including phenoxy) is 1. The molecule has 0 aliphatic carbocycles. The van der Waals surface area contributed by atoms with Crippen LogP contribution in [0.1, 0.15) is 33.6 Å². The largest absolute Gasteiger partial charge is 0.377 e. The van der Waals surface area contributed by atoms with Crippen LogP contribution in [0.4, 0.5) is 5.95 Å². The maximum absolute atomic E-state index is 5.52. The van der Waals surface area contributed by atoms with E-state index in [1.54, 1.807) is 0 Å². The van der Waals surface area contributed by atoms with Crippen molar-refractivity contribution >= 4 is 5.95 Å². The smallest absolute Gasteiger partial charge is 0.202 e. The van der Waals surface area contributed by atoms with Gasteiger partial charge in [0.25, 0.3) is 0 Å². The molecule has 0 aliphatic rings. The number of nitrogens with one attached hydrogen (secondary N) is 1. The lowest BCUT2D eigenvalue weighted by molar-refractivity contribution is 0.0730. The molecule has 4 nitrogen and oxygen atoms in total. The maximum atomic E-state index is 5.52. The fourth-order valence-corrected chi connectivity index (χ4v) is 1.42.